The number of amides is 3. The molecule has 0 atom stereocenters. The van der Waals surface area contributed by atoms with E-state index in [0.29, 0.717) is 37.2 Å². The van der Waals surface area contributed by atoms with Gasteiger partial charge < -0.3 is 11.1 Å². The van der Waals surface area contributed by atoms with E-state index in [4.69, 9.17) is 5.73 Å². The lowest BCUT2D eigenvalue weighted by molar-refractivity contribution is -0.124. The summed E-state index contributed by atoms with van der Waals surface area (Å²) in [5, 5.41) is 4.10. The van der Waals surface area contributed by atoms with Gasteiger partial charge in [-0.05, 0) is 68.0 Å². The molecule has 1 saturated heterocycles. The highest BCUT2D eigenvalue weighted by molar-refractivity contribution is 7.92. The third kappa shape index (κ3) is 7.03. The number of hydrogen-bond acceptors (Lipinski definition) is 5. The molecule has 0 unspecified atom stereocenters. The minimum atomic E-state index is -3.69. The Bertz CT molecular complexity index is 1260. The normalized spacial score (nSPS) is 17.3. The number of nitrogens with two attached hydrogens (primary N) is 1. The first-order chi connectivity index (χ1) is 18.0. The second-order valence-electron chi connectivity index (χ2n) is 9.99. The molecule has 1 aromatic carbocycles. The van der Waals surface area contributed by atoms with E-state index in [1.807, 2.05) is 13.8 Å². The molecular formula is C28H39N5O4S. The molecule has 1 spiro atoms. The maximum absolute atomic E-state index is 13.1. The fourth-order valence-corrected chi connectivity index (χ4v) is 5.92. The maximum Gasteiger partial charge on any atom is 0.318 e. The number of hydrogen-bond donors (Lipinski definition) is 2. The second kappa shape index (κ2) is 12.6. The number of nitrogens with zero attached hydrogens (tertiary/aromatic N) is 3. The summed E-state index contributed by atoms with van der Waals surface area (Å²) in [5.41, 5.74) is 7.52. The quantitative estimate of drug-likeness (QED) is 0.364. The minimum Gasteiger partial charge on any atom is -0.351 e. The van der Waals surface area contributed by atoms with Crippen molar-refractivity contribution in [2.24, 2.45) is 10.7 Å². The van der Waals surface area contributed by atoms with Gasteiger partial charge in [-0.1, -0.05) is 19.8 Å². The zero-order valence-electron chi connectivity index (χ0n) is 22.8. The Morgan fingerprint density at radius 1 is 1.18 bits per heavy atom. The number of unbranched alkanes of at least 4 members (excludes halogenated alkanes) is 3. The monoisotopic (exact) mass is 541 g/mol. The van der Waals surface area contributed by atoms with Crippen LogP contribution in [0.5, 0.6) is 0 Å². The Labute approximate surface area is 226 Å². The van der Waals surface area contributed by atoms with E-state index in [0.717, 1.165) is 29.5 Å². The van der Waals surface area contributed by atoms with Gasteiger partial charge in [0.2, 0.25) is 10.0 Å². The lowest BCUT2D eigenvalue weighted by Gasteiger charge is -2.34. The lowest BCUT2D eigenvalue weighted by Crippen LogP contribution is -2.50. The van der Waals surface area contributed by atoms with Crippen LogP contribution in [-0.4, -0.2) is 56.2 Å². The van der Waals surface area contributed by atoms with Crippen LogP contribution in [0.1, 0.15) is 75.0 Å². The molecule has 206 valence electrons. The van der Waals surface area contributed by atoms with Crippen molar-refractivity contribution in [1.29, 1.82) is 0 Å². The van der Waals surface area contributed by atoms with Crippen LogP contribution in [0, 0.1) is 25.7 Å². The van der Waals surface area contributed by atoms with Crippen LogP contribution in [0.15, 0.2) is 22.5 Å². The molecule has 10 heteroatoms. The van der Waals surface area contributed by atoms with Crippen molar-refractivity contribution < 1.29 is 18.0 Å². The van der Waals surface area contributed by atoms with Crippen molar-refractivity contribution in [1.82, 2.24) is 9.62 Å². The number of rotatable bonds is 9. The predicted octanol–water partition coefficient (Wildman–Crippen LogP) is 3.85. The molecule has 0 aromatic heterocycles. The van der Waals surface area contributed by atoms with E-state index in [2.05, 4.69) is 29.1 Å². The molecule has 0 saturated carbocycles. The molecule has 1 fully saturated rings. The molecule has 3 N–H and O–H groups in total. The van der Waals surface area contributed by atoms with Crippen LogP contribution < -0.4 is 16.0 Å². The molecular weight excluding hydrogens is 502 g/mol. The third-order valence-electron chi connectivity index (χ3n) is 7.16. The Kier molecular flexibility index (Phi) is 9.74. The summed E-state index contributed by atoms with van der Waals surface area (Å²) in [6.07, 6.45) is 7.86. The molecule has 2 heterocycles. The van der Waals surface area contributed by atoms with Crippen molar-refractivity contribution in [3.63, 3.8) is 0 Å². The van der Waals surface area contributed by atoms with Gasteiger partial charge in [0.05, 0.1) is 0 Å². The minimum absolute atomic E-state index is 0.150. The van der Waals surface area contributed by atoms with Crippen molar-refractivity contribution in [3.8, 4) is 11.8 Å². The van der Waals surface area contributed by atoms with Crippen LogP contribution in [0.2, 0.25) is 0 Å². The summed E-state index contributed by atoms with van der Waals surface area (Å²) in [6, 6.07) is 3.01. The Morgan fingerprint density at radius 3 is 2.42 bits per heavy atom. The van der Waals surface area contributed by atoms with E-state index in [1.165, 1.54) is 27.5 Å². The average molecular weight is 542 g/mol. The summed E-state index contributed by atoms with van der Waals surface area (Å²) < 4.78 is 27.6. The van der Waals surface area contributed by atoms with Gasteiger partial charge in [0.15, 0.2) is 0 Å². The number of carbonyl (C=O) groups excluding carboxylic acids is 2. The molecule has 9 nitrogen and oxygen atoms in total. The van der Waals surface area contributed by atoms with E-state index in [9.17, 15) is 18.0 Å². The first kappa shape index (κ1) is 29.4. The Balaban J connectivity index is 1.61. The Hall–Kier alpha value is -3.16. The molecule has 38 heavy (non-hydrogen) atoms. The van der Waals surface area contributed by atoms with Crippen LogP contribution in [0.4, 0.5) is 10.5 Å². The number of carbonyl (C=O) groups is 2. The van der Waals surface area contributed by atoms with Gasteiger partial charge >= 0.3 is 6.03 Å². The third-order valence-corrected chi connectivity index (χ3v) is 8.72. The Morgan fingerprint density at radius 2 is 1.82 bits per heavy atom. The van der Waals surface area contributed by atoms with E-state index < -0.39 is 21.6 Å². The van der Waals surface area contributed by atoms with E-state index in [1.54, 1.807) is 25.3 Å². The van der Waals surface area contributed by atoms with E-state index in [-0.39, 0.29) is 19.0 Å². The highest BCUT2D eigenvalue weighted by atomic mass is 32.2. The summed E-state index contributed by atoms with van der Waals surface area (Å²) in [6.45, 7) is 6.31. The molecule has 0 aliphatic carbocycles. The number of aliphatic imine (C=N–C) groups is 1. The number of urea groups is 1. The van der Waals surface area contributed by atoms with Gasteiger partial charge in [0, 0.05) is 50.5 Å². The van der Waals surface area contributed by atoms with Gasteiger partial charge in [-0.2, -0.15) is 4.31 Å². The molecule has 2 aliphatic rings. The smallest absolute Gasteiger partial charge is 0.318 e. The van der Waals surface area contributed by atoms with Crippen LogP contribution in [0.3, 0.4) is 0 Å². The van der Waals surface area contributed by atoms with E-state index >= 15 is 0 Å². The number of anilines is 1. The summed E-state index contributed by atoms with van der Waals surface area (Å²) >= 11 is 0. The number of piperidine rings is 1. The average Bonchev–Trinajstić information content (AvgIpc) is 3.16. The molecule has 3 amide bonds. The number of aryl methyl sites for hydroxylation is 2. The fourth-order valence-electron chi connectivity index (χ4n) is 4.75. The molecule has 2 aliphatic heterocycles. The summed E-state index contributed by atoms with van der Waals surface area (Å²) in [7, 11) is -2.11. The van der Waals surface area contributed by atoms with Crippen LogP contribution in [0.25, 0.3) is 6.08 Å². The first-order valence-electron chi connectivity index (χ1n) is 13.2. The zero-order chi connectivity index (χ0) is 27.9. The van der Waals surface area contributed by atoms with Gasteiger partial charge in [-0.3, -0.25) is 14.7 Å². The number of primary amides is 1. The molecule has 3 rings (SSSR count). The topological polar surface area (TPSA) is 125 Å². The van der Waals surface area contributed by atoms with Gasteiger partial charge in [0.1, 0.15) is 11.4 Å². The standard InChI is InChI=1S/C28H39N5O4S/c1-5-6-7-8-9-10-11-12-25-30-26(34)28(31-25)14-16-33(17-15-28)38(36,37)18-13-24-21(2)19-23(20-22(24)3)32(4)27(29)35/h13,18-20H,5-8,11-12,14-17H2,1-4H3,(H2,29,35)(H,30,31,34)/b18-13+. The second-order valence-corrected chi connectivity index (χ2v) is 11.8. The highest BCUT2D eigenvalue weighted by Crippen LogP contribution is 2.32. The van der Waals surface area contributed by atoms with Crippen molar-refractivity contribution in [2.45, 2.75) is 77.7 Å². The number of amidine groups is 1. The molecule has 0 bridgehead atoms. The fraction of sp³-hybridized carbons (Fsp3) is 0.536. The van der Waals surface area contributed by atoms with Crippen LogP contribution in [-0.2, 0) is 14.8 Å². The van der Waals surface area contributed by atoms with Gasteiger partial charge in [-0.25, -0.2) is 13.2 Å². The molecule has 0 radical (unpaired) electrons. The number of nitrogens with one attached hydrogen (secondary N) is 1. The van der Waals surface area contributed by atoms with Gasteiger partial charge in [0.25, 0.3) is 5.91 Å². The SMILES string of the molecule is CCCCCC#CCCC1=NC2(CCN(S(=O)(=O)/C=C/c3c(C)cc(N(C)C(N)=O)cc3C)CC2)C(=O)N1. The lowest BCUT2D eigenvalue weighted by atomic mass is 9.89. The zero-order valence-corrected chi connectivity index (χ0v) is 23.7. The highest BCUT2D eigenvalue weighted by Gasteiger charge is 2.46. The maximum atomic E-state index is 13.1. The van der Waals surface area contributed by atoms with Crippen LogP contribution >= 0.6 is 0 Å². The first-order valence-corrected chi connectivity index (χ1v) is 14.7. The van der Waals surface area contributed by atoms with Crippen molar-refractivity contribution in [3.05, 3.63) is 34.2 Å². The van der Waals surface area contributed by atoms with Crippen molar-refractivity contribution in [2.75, 3.05) is 25.0 Å². The number of sulfonamides is 1. The molecule has 1 aromatic rings. The predicted molar refractivity (Wildman–Crippen MR) is 152 cm³/mol. The number of benzene rings is 1. The summed E-state index contributed by atoms with van der Waals surface area (Å²) in [4.78, 5) is 30.3. The summed E-state index contributed by atoms with van der Waals surface area (Å²) in [5.74, 6) is 6.82. The van der Waals surface area contributed by atoms with Gasteiger partial charge in [-0.15, -0.1) is 11.8 Å². The van der Waals surface area contributed by atoms with Crippen molar-refractivity contribution >= 4 is 39.6 Å². The largest absolute Gasteiger partial charge is 0.351 e.